The SMILES string of the molecule is CN1CC2CCC1([C@H](NC(=O)c1ccc(F)cc1Cl)c1ccccc1)CC2. The Morgan fingerprint density at radius 1 is 1.22 bits per heavy atom. The Morgan fingerprint density at radius 2 is 1.93 bits per heavy atom. The standard InChI is InChI=1S/C22H24ClFN2O/c1-26-14-15-9-11-22(26,12-10-15)20(16-5-3-2-4-6-16)25-21(27)18-8-7-17(24)13-19(18)23/h2-8,13,15,20H,9-12,14H2,1H3,(H,25,27)/t15?,20-,22?/m1/s1. The molecule has 1 N–H and O–H groups in total. The number of carbonyl (C=O) groups is 1. The molecular formula is C22H24ClFN2O. The van der Waals surface area contributed by atoms with Crippen molar-refractivity contribution < 1.29 is 9.18 Å². The van der Waals surface area contributed by atoms with Crippen molar-refractivity contribution in [1.82, 2.24) is 10.2 Å². The van der Waals surface area contributed by atoms with Crippen molar-refractivity contribution in [3.63, 3.8) is 0 Å². The molecule has 0 spiro atoms. The minimum absolute atomic E-state index is 0.0989. The summed E-state index contributed by atoms with van der Waals surface area (Å²) in [6, 6.07) is 13.9. The van der Waals surface area contributed by atoms with E-state index in [-0.39, 0.29) is 22.5 Å². The highest BCUT2D eigenvalue weighted by atomic mass is 35.5. The second-order valence-corrected chi connectivity index (χ2v) is 8.28. The lowest BCUT2D eigenvalue weighted by molar-refractivity contribution is -0.0404. The van der Waals surface area contributed by atoms with Crippen molar-refractivity contribution in [2.24, 2.45) is 5.92 Å². The van der Waals surface area contributed by atoms with Gasteiger partial charge in [0.1, 0.15) is 5.82 Å². The average Bonchev–Trinajstić information content (AvgIpc) is 2.67. The van der Waals surface area contributed by atoms with Crippen LogP contribution in [0, 0.1) is 11.7 Å². The first-order chi connectivity index (χ1) is 13.0. The van der Waals surface area contributed by atoms with E-state index in [0.29, 0.717) is 5.56 Å². The van der Waals surface area contributed by atoms with E-state index in [1.165, 1.54) is 31.0 Å². The maximum absolute atomic E-state index is 13.4. The van der Waals surface area contributed by atoms with E-state index in [9.17, 15) is 9.18 Å². The Labute approximate surface area is 164 Å². The largest absolute Gasteiger partial charge is 0.343 e. The number of fused-ring (bicyclic) bond motifs is 3. The average molecular weight is 387 g/mol. The van der Waals surface area contributed by atoms with Crippen molar-refractivity contribution in [3.8, 4) is 0 Å². The van der Waals surface area contributed by atoms with Crippen LogP contribution in [-0.2, 0) is 0 Å². The van der Waals surface area contributed by atoms with Gasteiger partial charge in [0.25, 0.3) is 5.91 Å². The molecule has 0 unspecified atom stereocenters. The summed E-state index contributed by atoms with van der Waals surface area (Å²) in [5.74, 6) is 0.0555. The predicted octanol–water partition coefficient (Wildman–Crippen LogP) is 4.82. The molecule has 1 atom stereocenters. The number of carbonyl (C=O) groups excluding carboxylic acids is 1. The number of halogens is 2. The summed E-state index contributed by atoms with van der Waals surface area (Å²) in [4.78, 5) is 15.5. The Hall–Kier alpha value is -1.91. The van der Waals surface area contributed by atoms with Crippen LogP contribution in [-0.4, -0.2) is 29.9 Å². The summed E-state index contributed by atoms with van der Waals surface area (Å²) in [6.45, 7) is 1.07. The van der Waals surface area contributed by atoms with Gasteiger partial charge in [0.2, 0.25) is 0 Å². The molecule has 3 fully saturated rings. The molecule has 3 nitrogen and oxygen atoms in total. The van der Waals surface area contributed by atoms with Crippen molar-refractivity contribution in [2.45, 2.75) is 37.3 Å². The lowest BCUT2D eigenvalue weighted by atomic mass is 9.66. The van der Waals surface area contributed by atoms with Crippen LogP contribution in [0.15, 0.2) is 48.5 Å². The third kappa shape index (κ3) is 3.37. The number of amides is 1. The van der Waals surface area contributed by atoms with Crippen LogP contribution in [0.3, 0.4) is 0 Å². The van der Waals surface area contributed by atoms with Gasteiger partial charge in [0.15, 0.2) is 0 Å². The van der Waals surface area contributed by atoms with Gasteiger partial charge in [-0.05, 0) is 62.4 Å². The molecule has 0 aromatic heterocycles. The minimum Gasteiger partial charge on any atom is -0.343 e. The molecule has 5 heteroatoms. The molecule has 2 saturated heterocycles. The van der Waals surface area contributed by atoms with Crippen molar-refractivity contribution >= 4 is 17.5 Å². The number of nitrogens with zero attached hydrogens (tertiary/aromatic N) is 1. The van der Waals surface area contributed by atoms with Gasteiger partial charge in [-0.1, -0.05) is 41.9 Å². The third-order valence-corrected chi connectivity index (χ3v) is 6.70. The molecule has 2 aromatic carbocycles. The first kappa shape index (κ1) is 18.5. The number of hydrogen-bond acceptors (Lipinski definition) is 2. The van der Waals surface area contributed by atoms with Crippen LogP contribution in [0.2, 0.25) is 5.02 Å². The third-order valence-electron chi connectivity index (χ3n) is 6.38. The summed E-state index contributed by atoms with van der Waals surface area (Å²) >= 11 is 6.13. The number of rotatable bonds is 4. The van der Waals surface area contributed by atoms with Gasteiger partial charge in [-0.15, -0.1) is 0 Å². The van der Waals surface area contributed by atoms with Gasteiger partial charge in [-0.3, -0.25) is 9.69 Å². The number of benzene rings is 2. The number of piperidine rings is 2. The molecule has 5 rings (SSSR count). The van der Waals surface area contributed by atoms with E-state index in [4.69, 9.17) is 11.6 Å². The monoisotopic (exact) mass is 386 g/mol. The summed E-state index contributed by atoms with van der Waals surface area (Å²) in [6.07, 6.45) is 4.51. The number of likely N-dealkylation sites (N-methyl/N-ethyl adjacent to an activating group) is 1. The minimum atomic E-state index is -0.444. The van der Waals surface area contributed by atoms with Gasteiger partial charge in [0.05, 0.1) is 16.6 Å². The van der Waals surface area contributed by atoms with Crippen LogP contribution >= 0.6 is 11.6 Å². The summed E-state index contributed by atoms with van der Waals surface area (Å²) in [7, 11) is 2.16. The summed E-state index contributed by atoms with van der Waals surface area (Å²) in [5, 5.41) is 3.38. The maximum Gasteiger partial charge on any atom is 0.253 e. The molecule has 3 aliphatic rings. The smallest absolute Gasteiger partial charge is 0.253 e. The van der Waals surface area contributed by atoms with E-state index in [1.807, 2.05) is 18.2 Å². The Kier molecular flexibility index (Phi) is 4.95. The van der Waals surface area contributed by atoms with Gasteiger partial charge >= 0.3 is 0 Å². The molecule has 2 heterocycles. The fourth-order valence-corrected chi connectivity index (χ4v) is 5.13. The normalized spacial score (nSPS) is 26.0. The molecular weight excluding hydrogens is 363 g/mol. The second kappa shape index (κ2) is 7.25. The first-order valence-corrected chi connectivity index (χ1v) is 9.89. The highest BCUT2D eigenvalue weighted by Gasteiger charge is 2.50. The molecule has 1 aliphatic carbocycles. The zero-order valence-electron chi connectivity index (χ0n) is 15.4. The lowest BCUT2D eigenvalue weighted by Crippen LogP contribution is -2.62. The topological polar surface area (TPSA) is 32.3 Å². The molecule has 142 valence electrons. The van der Waals surface area contributed by atoms with Crippen molar-refractivity contribution in [1.29, 1.82) is 0 Å². The quantitative estimate of drug-likeness (QED) is 0.816. The fourth-order valence-electron chi connectivity index (χ4n) is 4.88. The zero-order chi connectivity index (χ0) is 19.0. The van der Waals surface area contributed by atoms with E-state index < -0.39 is 5.82 Å². The lowest BCUT2D eigenvalue weighted by Gasteiger charge is -2.57. The van der Waals surface area contributed by atoms with Gasteiger partial charge in [-0.25, -0.2) is 4.39 Å². The fraction of sp³-hybridized carbons (Fsp3) is 0.409. The number of hydrogen-bond donors (Lipinski definition) is 1. The van der Waals surface area contributed by atoms with Crippen LogP contribution in [0.5, 0.6) is 0 Å². The second-order valence-electron chi connectivity index (χ2n) is 7.87. The molecule has 27 heavy (non-hydrogen) atoms. The molecule has 2 aliphatic heterocycles. The Balaban J connectivity index is 1.70. The van der Waals surface area contributed by atoms with Crippen molar-refractivity contribution in [2.75, 3.05) is 13.6 Å². The maximum atomic E-state index is 13.4. The molecule has 1 amide bonds. The van der Waals surface area contributed by atoms with Crippen LogP contribution in [0.25, 0.3) is 0 Å². The van der Waals surface area contributed by atoms with Crippen LogP contribution < -0.4 is 5.32 Å². The Bertz CT molecular complexity index is 833. The van der Waals surface area contributed by atoms with E-state index >= 15 is 0 Å². The predicted molar refractivity (Wildman–Crippen MR) is 105 cm³/mol. The Morgan fingerprint density at radius 3 is 2.56 bits per heavy atom. The van der Waals surface area contributed by atoms with Crippen molar-refractivity contribution in [3.05, 3.63) is 70.5 Å². The molecule has 2 aromatic rings. The molecule has 0 radical (unpaired) electrons. The number of nitrogens with one attached hydrogen (secondary N) is 1. The summed E-state index contributed by atoms with van der Waals surface area (Å²) < 4.78 is 13.4. The highest BCUT2D eigenvalue weighted by Crippen LogP contribution is 2.49. The molecule has 2 bridgehead atoms. The van der Waals surface area contributed by atoms with Gasteiger partial charge in [-0.2, -0.15) is 0 Å². The van der Waals surface area contributed by atoms with Crippen LogP contribution in [0.1, 0.15) is 47.6 Å². The summed E-state index contributed by atoms with van der Waals surface area (Å²) in [5.41, 5.74) is 1.30. The van der Waals surface area contributed by atoms with E-state index in [0.717, 1.165) is 30.9 Å². The van der Waals surface area contributed by atoms with Crippen LogP contribution in [0.4, 0.5) is 4.39 Å². The van der Waals surface area contributed by atoms with Gasteiger partial charge < -0.3 is 5.32 Å². The zero-order valence-corrected chi connectivity index (χ0v) is 16.2. The highest BCUT2D eigenvalue weighted by molar-refractivity contribution is 6.33. The first-order valence-electron chi connectivity index (χ1n) is 9.52. The van der Waals surface area contributed by atoms with E-state index in [2.05, 4.69) is 29.4 Å². The van der Waals surface area contributed by atoms with E-state index in [1.54, 1.807) is 0 Å². The van der Waals surface area contributed by atoms with Gasteiger partial charge in [0, 0.05) is 12.1 Å². The molecule has 1 saturated carbocycles.